The van der Waals surface area contributed by atoms with Crippen LogP contribution in [0.3, 0.4) is 0 Å². The third kappa shape index (κ3) is 4.48. The van der Waals surface area contributed by atoms with E-state index >= 15 is 0 Å². The fraction of sp³-hybridized carbons (Fsp3) is 0.200. The summed E-state index contributed by atoms with van der Waals surface area (Å²) in [5.41, 5.74) is 1.08. The second-order valence-electron chi connectivity index (χ2n) is 6.28. The van der Waals surface area contributed by atoms with Gasteiger partial charge < -0.3 is 9.47 Å². The molecule has 0 spiro atoms. The number of halogens is 2. The number of sulfone groups is 1. The van der Waals surface area contributed by atoms with Crippen LogP contribution in [0.2, 0.25) is 0 Å². The molecule has 7 nitrogen and oxygen atoms in total. The third-order valence-corrected chi connectivity index (χ3v) is 5.72. The first-order valence-electron chi connectivity index (χ1n) is 8.70. The summed E-state index contributed by atoms with van der Waals surface area (Å²) in [5.74, 6) is -0.917. The van der Waals surface area contributed by atoms with E-state index in [1.807, 2.05) is 0 Å². The highest BCUT2D eigenvalue weighted by atomic mass is 32.2. The maximum Gasteiger partial charge on any atom is 0.303 e. The number of aromatic amines is 1. The average Bonchev–Trinajstić information content (AvgIpc) is 3.18. The maximum absolute atomic E-state index is 13.5. The number of ether oxygens (including phenoxy) is 2. The highest BCUT2D eigenvalue weighted by Crippen LogP contribution is 2.38. The highest BCUT2D eigenvalue weighted by Gasteiger charge is 2.24. The molecule has 1 heterocycles. The molecule has 0 aliphatic heterocycles. The van der Waals surface area contributed by atoms with Crippen molar-refractivity contribution in [2.45, 2.75) is 18.2 Å². The van der Waals surface area contributed by atoms with Crippen LogP contribution in [0.15, 0.2) is 53.4 Å². The summed E-state index contributed by atoms with van der Waals surface area (Å²) in [4.78, 5) is 10.8. The van der Waals surface area contributed by atoms with Crippen LogP contribution < -0.4 is 4.74 Å². The SMILES string of the molecule is COc1ccc(-c2c(C(F)F)n[nH]c2-c2ccc(S(=O)(=O)COC(C)=O)cc2)cc1. The van der Waals surface area contributed by atoms with Crippen molar-refractivity contribution in [3.8, 4) is 28.1 Å². The van der Waals surface area contributed by atoms with E-state index in [9.17, 15) is 22.0 Å². The van der Waals surface area contributed by atoms with Gasteiger partial charge in [-0.1, -0.05) is 24.3 Å². The third-order valence-electron chi connectivity index (χ3n) is 4.30. The van der Waals surface area contributed by atoms with Gasteiger partial charge >= 0.3 is 5.97 Å². The van der Waals surface area contributed by atoms with Gasteiger partial charge in [0.15, 0.2) is 5.94 Å². The van der Waals surface area contributed by atoms with E-state index in [0.717, 1.165) is 6.92 Å². The Kier molecular flexibility index (Phi) is 6.16. The molecular weight excluding hydrogens is 418 g/mol. The molecule has 0 amide bonds. The number of hydrogen-bond donors (Lipinski definition) is 1. The average molecular weight is 436 g/mol. The smallest absolute Gasteiger partial charge is 0.303 e. The van der Waals surface area contributed by atoms with Crippen molar-refractivity contribution in [3.63, 3.8) is 0 Å². The van der Waals surface area contributed by atoms with Crippen LogP contribution in [0.5, 0.6) is 5.75 Å². The zero-order valence-electron chi connectivity index (χ0n) is 16.1. The second kappa shape index (κ2) is 8.62. The van der Waals surface area contributed by atoms with Gasteiger partial charge in [-0.25, -0.2) is 17.2 Å². The molecular formula is C20H18F2N2O5S. The number of alkyl halides is 2. The number of H-pyrrole nitrogens is 1. The Morgan fingerprint density at radius 1 is 1.07 bits per heavy atom. The van der Waals surface area contributed by atoms with Gasteiger partial charge in [-0.05, 0) is 29.8 Å². The minimum absolute atomic E-state index is 0.0629. The summed E-state index contributed by atoms with van der Waals surface area (Å²) >= 11 is 0. The first-order valence-corrected chi connectivity index (χ1v) is 10.4. The monoisotopic (exact) mass is 436 g/mol. The van der Waals surface area contributed by atoms with Crippen molar-refractivity contribution in [1.29, 1.82) is 0 Å². The van der Waals surface area contributed by atoms with Gasteiger partial charge in [0, 0.05) is 18.1 Å². The fourth-order valence-electron chi connectivity index (χ4n) is 2.83. The maximum atomic E-state index is 13.5. The summed E-state index contributed by atoms with van der Waals surface area (Å²) in [5, 5.41) is 6.37. The quantitative estimate of drug-likeness (QED) is 0.563. The Balaban J connectivity index is 2.01. The van der Waals surface area contributed by atoms with Crippen LogP contribution >= 0.6 is 0 Å². The van der Waals surface area contributed by atoms with E-state index in [1.165, 1.54) is 31.4 Å². The summed E-state index contributed by atoms with van der Waals surface area (Å²) in [6.45, 7) is 1.11. The largest absolute Gasteiger partial charge is 0.497 e. The van der Waals surface area contributed by atoms with E-state index in [4.69, 9.17) is 4.74 Å². The molecule has 0 saturated carbocycles. The molecule has 0 fully saturated rings. The molecule has 158 valence electrons. The molecule has 0 atom stereocenters. The molecule has 1 N–H and O–H groups in total. The molecule has 2 aromatic carbocycles. The van der Waals surface area contributed by atoms with E-state index in [-0.39, 0.29) is 10.5 Å². The molecule has 0 aliphatic carbocycles. The fourth-order valence-corrected chi connectivity index (χ4v) is 3.84. The number of rotatable bonds is 7. The summed E-state index contributed by atoms with van der Waals surface area (Å²) in [6.07, 6.45) is -2.81. The Morgan fingerprint density at radius 2 is 1.67 bits per heavy atom. The van der Waals surface area contributed by atoms with Gasteiger partial charge in [0.2, 0.25) is 9.84 Å². The van der Waals surface area contributed by atoms with Gasteiger partial charge in [-0.15, -0.1) is 0 Å². The molecule has 3 rings (SSSR count). The molecule has 0 bridgehead atoms. The van der Waals surface area contributed by atoms with Crippen LogP contribution in [-0.2, 0) is 19.4 Å². The first-order chi connectivity index (χ1) is 14.2. The molecule has 10 heteroatoms. The van der Waals surface area contributed by atoms with E-state index in [1.54, 1.807) is 24.3 Å². The first kappa shape index (κ1) is 21.4. The minimum Gasteiger partial charge on any atom is -0.497 e. The second-order valence-corrected chi connectivity index (χ2v) is 8.22. The lowest BCUT2D eigenvalue weighted by Gasteiger charge is -2.09. The number of aromatic nitrogens is 2. The molecule has 1 aromatic heterocycles. The number of carbonyl (C=O) groups excluding carboxylic acids is 1. The van der Waals surface area contributed by atoms with Crippen LogP contribution in [0, 0.1) is 0 Å². The number of methoxy groups -OCH3 is 1. The zero-order valence-corrected chi connectivity index (χ0v) is 16.9. The lowest BCUT2D eigenvalue weighted by molar-refractivity contribution is -0.138. The van der Waals surface area contributed by atoms with Crippen molar-refractivity contribution >= 4 is 15.8 Å². The number of esters is 1. The van der Waals surface area contributed by atoms with E-state index in [2.05, 4.69) is 14.9 Å². The Hall–Kier alpha value is -3.27. The molecule has 0 aliphatic rings. The highest BCUT2D eigenvalue weighted by molar-refractivity contribution is 7.91. The van der Waals surface area contributed by atoms with E-state index < -0.39 is 33.9 Å². The number of nitrogens with zero attached hydrogens (tertiary/aromatic N) is 1. The molecule has 0 radical (unpaired) electrons. The number of carbonyl (C=O) groups is 1. The van der Waals surface area contributed by atoms with Crippen LogP contribution in [0.25, 0.3) is 22.4 Å². The van der Waals surface area contributed by atoms with Gasteiger partial charge in [-0.2, -0.15) is 5.10 Å². The van der Waals surface area contributed by atoms with Gasteiger partial charge in [0.25, 0.3) is 6.43 Å². The number of hydrogen-bond acceptors (Lipinski definition) is 6. The minimum atomic E-state index is -3.84. The van der Waals surface area contributed by atoms with E-state index in [0.29, 0.717) is 22.6 Å². The topological polar surface area (TPSA) is 98.3 Å². The standard InChI is InChI=1S/C20H18F2N2O5S/c1-12(25)29-11-30(26,27)16-9-5-14(6-10-16)18-17(19(20(21)22)24-23-18)13-3-7-15(28-2)8-4-13/h3-10,20H,11H2,1-2H3,(H,23,24). The van der Waals surface area contributed by atoms with Crippen molar-refractivity contribution in [3.05, 3.63) is 54.2 Å². The summed E-state index contributed by atoms with van der Waals surface area (Å²) < 4.78 is 61.2. The normalized spacial score (nSPS) is 11.5. The lowest BCUT2D eigenvalue weighted by atomic mass is 9.99. The Bertz CT molecular complexity index is 1140. The predicted molar refractivity (Wildman–Crippen MR) is 105 cm³/mol. The van der Waals surface area contributed by atoms with Crippen molar-refractivity contribution in [1.82, 2.24) is 10.2 Å². The Morgan fingerprint density at radius 3 is 2.20 bits per heavy atom. The summed E-state index contributed by atoms with van der Waals surface area (Å²) in [6, 6.07) is 12.1. The van der Waals surface area contributed by atoms with Gasteiger partial charge in [0.1, 0.15) is 11.4 Å². The lowest BCUT2D eigenvalue weighted by Crippen LogP contribution is -2.12. The van der Waals surface area contributed by atoms with Crippen LogP contribution in [0.1, 0.15) is 19.0 Å². The molecule has 0 unspecified atom stereocenters. The van der Waals surface area contributed by atoms with Crippen molar-refractivity contribution in [2.24, 2.45) is 0 Å². The van der Waals surface area contributed by atoms with Crippen molar-refractivity contribution < 1.29 is 31.5 Å². The molecule has 3 aromatic rings. The number of nitrogens with one attached hydrogen (secondary N) is 1. The Labute approximate surface area is 171 Å². The van der Waals surface area contributed by atoms with Crippen LogP contribution in [-0.4, -0.2) is 37.6 Å². The molecule has 30 heavy (non-hydrogen) atoms. The number of benzene rings is 2. The van der Waals surface area contributed by atoms with Crippen molar-refractivity contribution in [2.75, 3.05) is 13.0 Å². The molecule has 0 saturated heterocycles. The zero-order chi connectivity index (χ0) is 21.9. The van der Waals surface area contributed by atoms with Crippen LogP contribution in [0.4, 0.5) is 8.78 Å². The predicted octanol–water partition coefficient (Wildman–Crippen LogP) is 3.98. The van der Waals surface area contributed by atoms with Gasteiger partial charge in [-0.3, -0.25) is 9.89 Å². The van der Waals surface area contributed by atoms with Gasteiger partial charge in [0.05, 0.1) is 17.7 Å². The summed E-state index contributed by atoms with van der Waals surface area (Å²) in [7, 11) is -2.34.